The highest BCUT2D eigenvalue weighted by molar-refractivity contribution is 5.95. The molecule has 0 atom stereocenters. The lowest BCUT2D eigenvalue weighted by atomic mass is 10.0. The fourth-order valence-corrected chi connectivity index (χ4v) is 3.00. The van der Waals surface area contributed by atoms with Gasteiger partial charge in [-0.05, 0) is 35.9 Å². The second-order valence-corrected chi connectivity index (χ2v) is 6.34. The number of hydrogen-bond donors (Lipinski definition) is 1. The molecule has 26 heavy (non-hydrogen) atoms. The second-order valence-electron chi connectivity index (χ2n) is 6.34. The SMILES string of the molecule is CN(C)C(=O)c1ccc(-c2cncc(-c3c[nH]c4ncccc34)c2)cc1. The molecule has 0 unspecified atom stereocenters. The first-order chi connectivity index (χ1) is 12.6. The maximum Gasteiger partial charge on any atom is 0.253 e. The zero-order valence-corrected chi connectivity index (χ0v) is 14.6. The normalized spacial score (nSPS) is 10.8. The third kappa shape index (κ3) is 2.84. The first kappa shape index (κ1) is 16.0. The molecular formula is C21H18N4O. The van der Waals surface area contributed by atoms with Gasteiger partial charge in [-0.2, -0.15) is 0 Å². The number of rotatable bonds is 3. The van der Waals surface area contributed by atoms with Crippen LogP contribution in [0, 0.1) is 0 Å². The van der Waals surface area contributed by atoms with Crippen LogP contribution in [0.4, 0.5) is 0 Å². The molecule has 0 bridgehead atoms. The third-order valence-electron chi connectivity index (χ3n) is 4.37. The van der Waals surface area contributed by atoms with E-state index in [1.807, 2.05) is 55.0 Å². The molecule has 0 spiro atoms. The van der Waals surface area contributed by atoms with Gasteiger partial charge in [-0.25, -0.2) is 4.98 Å². The summed E-state index contributed by atoms with van der Waals surface area (Å²) in [6.45, 7) is 0. The van der Waals surface area contributed by atoms with Gasteiger partial charge in [-0.1, -0.05) is 12.1 Å². The van der Waals surface area contributed by atoms with E-state index in [0.717, 1.165) is 33.3 Å². The number of H-pyrrole nitrogens is 1. The van der Waals surface area contributed by atoms with Crippen molar-refractivity contribution >= 4 is 16.9 Å². The van der Waals surface area contributed by atoms with Crippen molar-refractivity contribution in [3.8, 4) is 22.3 Å². The van der Waals surface area contributed by atoms with Crippen molar-refractivity contribution in [1.82, 2.24) is 19.9 Å². The van der Waals surface area contributed by atoms with E-state index in [1.54, 1.807) is 25.2 Å². The number of amides is 1. The van der Waals surface area contributed by atoms with Gasteiger partial charge in [0.2, 0.25) is 0 Å². The summed E-state index contributed by atoms with van der Waals surface area (Å²) in [4.78, 5) is 25.5. The van der Waals surface area contributed by atoms with Gasteiger partial charge in [0.25, 0.3) is 5.91 Å². The average molecular weight is 342 g/mol. The standard InChI is InChI=1S/C21H18N4O/c1-25(2)21(26)15-7-5-14(6-8-15)16-10-17(12-22-11-16)19-13-24-20-18(19)4-3-9-23-20/h3-13H,1-2H3,(H,23,24). The van der Waals surface area contributed by atoms with E-state index in [0.29, 0.717) is 5.56 Å². The van der Waals surface area contributed by atoms with Gasteiger partial charge in [-0.3, -0.25) is 9.78 Å². The van der Waals surface area contributed by atoms with E-state index in [4.69, 9.17) is 0 Å². The summed E-state index contributed by atoms with van der Waals surface area (Å²) in [5.41, 5.74) is 5.65. The van der Waals surface area contributed by atoms with Gasteiger partial charge >= 0.3 is 0 Å². The molecule has 0 aliphatic heterocycles. The molecule has 3 heterocycles. The van der Waals surface area contributed by atoms with Gasteiger partial charge < -0.3 is 9.88 Å². The maximum absolute atomic E-state index is 12.0. The van der Waals surface area contributed by atoms with Gasteiger partial charge in [0.15, 0.2) is 0 Å². The second kappa shape index (κ2) is 6.44. The number of fused-ring (bicyclic) bond motifs is 1. The lowest BCUT2D eigenvalue weighted by molar-refractivity contribution is 0.0827. The molecule has 0 aliphatic carbocycles. The zero-order chi connectivity index (χ0) is 18.1. The van der Waals surface area contributed by atoms with Crippen molar-refractivity contribution in [2.45, 2.75) is 0 Å². The predicted octanol–water partition coefficient (Wildman–Crippen LogP) is 3.99. The zero-order valence-electron chi connectivity index (χ0n) is 14.6. The summed E-state index contributed by atoms with van der Waals surface area (Å²) in [6, 6.07) is 13.7. The lowest BCUT2D eigenvalue weighted by Crippen LogP contribution is -2.21. The summed E-state index contributed by atoms with van der Waals surface area (Å²) in [5.74, 6) is -0.00489. The van der Waals surface area contributed by atoms with Crippen LogP contribution in [-0.4, -0.2) is 39.9 Å². The highest BCUT2D eigenvalue weighted by Gasteiger charge is 2.10. The van der Waals surface area contributed by atoms with Gasteiger partial charge in [0, 0.05) is 66.5 Å². The fourth-order valence-electron chi connectivity index (χ4n) is 3.00. The molecule has 5 nitrogen and oxygen atoms in total. The molecule has 0 saturated carbocycles. The number of nitrogens with one attached hydrogen (secondary N) is 1. The Morgan fingerprint density at radius 2 is 1.77 bits per heavy atom. The highest BCUT2D eigenvalue weighted by Crippen LogP contribution is 2.30. The van der Waals surface area contributed by atoms with Crippen molar-refractivity contribution in [3.05, 3.63) is 72.8 Å². The molecule has 128 valence electrons. The summed E-state index contributed by atoms with van der Waals surface area (Å²) in [5, 5.41) is 1.07. The van der Waals surface area contributed by atoms with Crippen LogP contribution in [0.15, 0.2) is 67.3 Å². The van der Waals surface area contributed by atoms with Crippen LogP contribution in [0.3, 0.4) is 0 Å². The minimum absolute atomic E-state index is 0.00489. The largest absolute Gasteiger partial charge is 0.346 e. The van der Waals surface area contributed by atoms with Crippen LogP contribution in [0.1, 0.15) is 10.4 Å². The summed E-state index contributed by atoms with van der Waals surface area (Å²) in [6.07, 6.45) is 7.41. The Balaban J connectivity index is 1.71. The number of pyridine rings is 2. The summed E-state index contributed by atoms with van der Waals surface area (Å²) >= 11 is 0. The Hall–Kier alpha value is -3.47. The van der Waals surface area contributed by atoms with E-state index >= 15 is 0 Å². The number of aromatic nitrogens is 3. The van der Waals surface area contributed by atoms with Crippen LogP contribution in [0.2, 0.25) is 0 Å². The number of hydrogen-bond acceptors (Lipinski definition) is 3. The van der Waals surface area contributed by atoms with Crippen molar-refractivity contribution in [2.24, 2.45) is 0 Å². The number of benzene rings is 1. The number of nitrogens with zero attached hydrogens (tertiary/aromatic N) is 3. The van der Waals surface area contributed by atoms with Crippen LogP contribution in [-0.2, 0) is 0 Å². The molecule has 0 radical (unpaired) electrons. The van der Waals surface area contributed by atoms with Crippen molar-refractivity contribution < 1.29 is 4.79 Å². The van der Waals surface area contributed by atoms with E-state index < -0.39 is 0 Å². The van der Waals surface area contributed by atoms with Crippen LogP contribution in [0.5, 0.6) is 0 Å². The van der Waals surface area contributed by atoms with Crippen LogP contribution >= 0.6 is 0 Å². The van der Waals surface area contributed by atoms with Crippen LogP contribution < -0.4 is 0 Å². The first-order valence-electron chi connectivity index (χ1n) is 8.33. The molecule has 0 aliphatic rings. The minimum Gasteiger partial charge on any atom is -0.346 e. The molecule has 1 aromatic carbocycles. The fraction of sp³-hybridized carbons (Fsp3) is 0.0952. The number of carbonyl (C=O) groups is 1. The Morgan fingerprint density at radius 3 is 2.54 bits per heavy atom. The quantitative estimate of drug-likeness (QED) is 0.612. The Kier molecular flexibility index (Phi) is 3.97. The van der Waals surface area contributed by atoms with Gasteiger partial charge in [0.05, 0.1) is 0 Å². The molecule has 3 aromatic heterocycles. The molecule has 4 aromatic rings. The van der Waals surface area contributed by atoms with Crippen molar-refractivity contribution in [1.29, 1.82) is 0 Å². The highest BCUT2D eigenvalue weighted by atomic mass is 16.2. The van der Waals surface area contributed by atoms with Crippen LogP contribution in [0.25, 0.3) is 33.3 Å². The van der Waals surface area contributed by atoms with Gasteiger partial charge in [0.1, 0.15) is 5.65 Å². The number of carbonyl (C=O) groups excluding carboxylic acids is 1. The molecule has 5 heteroatoms. The first-order valence-corrected chi connectivity index (χ1v) is 8.33. The smallest absolute Gasteiger partial charge is 0.253 e. The minimum atomic E-state index is -0.00489. The Morgan fingerprint density at radius 1 is 1.00 bits per heavy atom. The predicted molar refractivity (Wildman–Crippen MR) is 103 cm³/mol. The number of aromatic amines is 1. The maximum atomic E-state index is 12.0. The average Bonchev–Trinajstić information content (AvgIpc) is 3.12. The molecular weight excluding hydrogens is 324 g/mol. The Labute approximate surface area is 151 Å². The summed E-state index contributed by atoms with van der Waals surface area (Å²) in [7, 11) is 3.50. The molecule has 0 fully saturated rings. The van der Waals surface area contributed by atoms with E-state index in [2.05, 4.69) is 21.0 Å². The van der Waals surface area contributed by atoms with E-state index in [-0.39, 0.29) is 5.91 Å². The monoisotopic (exact) mass is 342 g/mol. The molecule has 1 N–H and O–H groups in total. The van der Waals surface area contributed by atoms with Gasteiger partial charge in [-0.15, -0.1) is 0 Å². The lowest BCUT2D eigenvalue weighted by Gasteiger charge is -2.11. The molecule has 4 rings (SSSR count). The Bertz CT molecular complexity index is 1080. The topological polar surface area (TPSA) is 61.9 Å². The third-order valence-corrected chi connectivity index (χ3v) is 4.37. The van der Waals surface area contributed by atoms with Crippen molar-refractivity contribution in [2.75, 3.05) is 14.1 Å². The molecule has 0 saturated heterocycles. The van der Waals surface area contributed by atoms with E-state index in [9.17, 15) is 4.79 Å². The summed E-state index contributed by atoms with van der Waals surface area (Å²) < 4.78 is 0. The molecule has 1 amide bonds. The van der Waals surface area contributed by atoms with E-state index in [1.165, 1.54) is 0 Å². The van der Waals surface area contributed by atoms with Crippen molar-refractivity contribution in [3.63, 3.8) is 0 Å².